The number of nitrogens with two attached hydrogens (primary N) is 3. The molecule has 13 atom stereocenters. The number of aliphatic hydroxyl groups excluding tert-OH is 5. The standard InChI is InChI=1S/C22H41N5O10/c1-26-7-9-2-3-11(24)21(34-9)36-18-12(25)5-13(27-20(33)17(32)15(30)6-23)16(31)19(18)37-22-14(29)4-10(8-28)35-22/h2-3,9-19,21-22,26,28-32H,4-8,23-25H2,1H3,(H,27,33)/t9-,10-,11+,12-,13+,14+,15-,16-,17-,18+,19+,21+,22-/m0/s1. The van der Waals surface area contributed by atoms with E-state index in [2.05, 4.69) is 10.6 Å². The lowest BCUT2D eigenvalue weighted by molar-refractivity contribution is -0.279. The zero-order chi connectivity index (χ0) is 27.3. The van der Waals surface area contributed by atoms with Crippen LogP contribution in [0, 0.1) is 0 Å². The van der Waals surface area contributed by atoms with E-state index in [1.807, 2.05) is 0 Å². The molecule has 2 aliphatic heterocycles. The molecule has 1 amide bonds. The van der Waals surface area contributed by atoms with Crippen LogP contribution in [0.4, 0.5) is 0 Å². The molecule has 0 unspecified atom stereocenters. The van der Waals surface area contributed by atoms with E-state index in [9.17, 15) is 30.3 Å². The molecule has 2 fully saturated rings. The molecular weight excluding hydrogens is 494 g/mol. The van der Waals surface area contributed by atoms with Crippen LogP contribution in [0.25, 0.3) is 0 Å². The topological polar surface area (TPSA) is 257 Å². The molecule has 1 aliphatic carbocycles. The quantitative estimate of drug-likeness (QED) is 0.111. The summed E-state index contributed by atoms with van der Waals surface area (Å²) >= 11 is 0. The summed E-state index contributed by atoms with van der Waals surface area (Å²) < 4.78 is 23.5. The second-order valence-corrected chi connectivity index (χ2v) is 9.63. The highest BCUT2D eigenvalue weighted by Crippen LogP contribution is 2.31. The van der Waals surface area contributed by atoms with Crippen molar-refractivity contribution in [1.29, 1.82) is 0 Å². The molecule has 15 nitrogen and oxygen atoms in total. The van der Waals surface area contributed by atoms with Gasteiger partial charge in [-0.2, -0.15) is 0 Å². The van der Waals surface area contributed by atoms with Gasteiger partial charge in [0, 0.05) is 25.6 Å². The van der Waals surface area contributed by atoms with Crippen LogP contribution in [0.5, 0.6) is 0 Å². The third-order valence-corrected chi connectivity index (χ3v) is 6.73. The number of hydrogen-bond donors (Lipinski definition) is 10. The Balaban J connectivity index is 1.79. The monoisotopic (exact) mass is 535 g/mol. The van der Waals surface area contributed by atoms with E-state index in [4.69, 9.17) is 36.1 Å². The van der Waals surface area contributed by atoms with Gasteiger partial charge in [-0.3, -0.25) is 4.79 Å². The maximum atomic E-state index is 12.4. The molecule has 1 saturated heterocycles. The average Bonchev–Trinajstić information content (AvgIpc) is 3.24. The van der Waals surface area contributed by atoms with Gasteiger partial charge < -0.3 is 72.3 Å². The Morgan fingerprint density at radius 3 is 2.43 bits per heavy atom. The highest BCUT2D eigenvalue weighted by molar-refractivity contribution is 5.81. The summed E-state index contributed by atoms with van der Waals surface area (Å²) in [6.45, 7) is -0.192. The SMILES string of the molecule is CNC[C@@H]1C=C[C@@H](N)[C@@H](O[C@H]2[C@H](O[C@@H]3O[C@H](CO)C[C@H]3O)[C@@H](O)[C@H](NC(=O)[C@@H](O)[C@@H](O)CN)C[C@@H]2N)O1. The molecule has 0 spiro atoms. The smallest absolute Gasteiger partial charge is 0.251 e. The summed E-state index contributed by atoms with van der Waals surface area (Å²) in [6, 6.07) is -2.49. The van der Waals surface area contributed by atoms with Crippen LogP contribution < -0.4 is 27.8 Å². The summed E-state index contributed by atoms with van der Waals surface area (Å²) in [4.78, 5) is 12.4. The van der Waals surface area contributed by atoms with Crippen LogP contribution in [-0.4, -0.2) is 138 Å². The van der Waals surface area contributed by atoms with Gasteiger partial charge >= 0.3 is 0 Å². The third kappa shape index (κ3) is 7.42. The fraction of sp³-hybridized carbons (Fsp3) is 0.864. The predicted octanol–water partition coefficient (Wildman–Crippen LogP) is -5.69. The Morgan fingerprint density at radius 2 is 1.81 bits per heavy atom. The van der Waals surface area contributed by atoms with Crippen molar-refractivity contribution in [1.82, 2.24) is 10.6 Å². The molecule has 37 heavy (non-hydrogen) atoms. The normalized spacial score (nSPS) is 41.9. The minimum absolute atomic E-state index is 0.00789. The first-order chi connectivity index (χ1) is 17.6. The van der Waals surface area contributed by atoms with Crippen LogP contribution in [0.1, 0.15) is 12.8 Å². The van der Waals surface area contributed by atoms with Crippen molar-refractivity contribution in [3.63, 3.8) is 0 Å². The number of ether oxygens (including phenoxy) is 4. The number of aliphatic hydroxyl groups is 5. The Hall–Kier alpha value is -1.31. The van der Waals surface area contributed by atoms with Gasteiger partial charge in [0.1, 0.15) is 30.5 Å². The molecule has 214 valence electrons. The molecule has 3 rings (SSSR count). The Labute approximate surface area is 214 Å². The lowest BCUT2D eigenvalue weighted by Gasteiger charge is -2.46. The number of carbonyl (C=O) groups is 1. The second-order valence-electron chi connectivity index (χ2n) is 9.63. The van der Waals surface area contributed by atoms with E-state index in [1.165, 1.54) is 0 Å². The van der Waals surface area contributed by atoms with Gasteiger partial charge in [-0.15, -0.1) is 0 Å². The van der Waals surface area contributed by atoms with Gasteiger partial charge in [-0.25, -0.2) is 0 Å². The molecule has 0 aromatic carbocycles. The van der Waals surface area contributed by atoms with Crippen molar-refractivity contribution in [3.05, 3.63) is 12.2 Å². The van der Waals surface area contributed by atoms with Gasteiger partial charge in [0.2, 0.25) is 0 Å². The van der Waals surface area contributed by atoms with Crippen LogP contribution >= 0.6 is 0 Å². The van der Waals surface area contributed by atoms with Crippen molar-refractivity contribution in [2.24, 2.45) is 17.2 Å². The van der Waals surface area contributed by atoms with Gasteiger partial charge in [0.25, 0.3) is 5.91 Å². The average molecular weight is 536 g/mol. The van der Waals surface area contributed by atoms with Gasteiger partial charge in [0.05, 0.1) is 30.9 Å². The lowest BCUT2D eigenvalue weighted by atomic mass is 9.83. The van der Waals surface area contributed by atoms with E-state index in [0.29, 0.717) is 6.54 Å². The first-order valence-corrected chi connectivity index (χ1v) is 12.4. The number of likely N-dealkylation sites (N-methyl/N-ethyl adjacent to an activating group) is 1. The summed E-state index contributed by atoms with van der Waals surface area (Å²) in [5.74, 6) is -0.956. The van der Waals surface area contributed by atoms with Gasteiger partial charge in [-0.1, -0.05) is 12.2 Å². The van der Waals surface area contributed by atoms with Crippen molar-refractivity contribution < 1.29 is 49.3 Å². The highest BCUT2D eigenvalue weighted by Gasteiger charge is 2.50. The molecule has 0 aromatic heterocycles. The van der Waals surface area contributed by atoms with Crippen LogP contribution in [0.3, 0.4) is 0 Å². The van der Waals surface area contributed by atoms with E-state index >= 15 is 0 Å². The molecule has 1 saturated carbocycles. The lowest BCUT2D eigenvalue weighted by Crippen LogP contribution is -2.67. The molecule has 3 aliphatic rings. The first-order valence-electron chi connectivity index (χ1n) is 12.4. The third-order valence-electron chi connectivity index (χ3n) is 6.73. The van der Waals surface area contributed by atoms with Crippen LogP contribution in [-0.2, 0) is 23.7 Å². The summed E-state index contributed by atoms with van der Waals surface area (Å²) in [6.07, 6.45) is -7.62. The Morgan fingerprint density at radius 1 is 1.11 bits per heavy atom. The number of nitrogens with one attached hydrogen (secondary N) is 2. The minimum atomic E-state index is -1.82. The molecule has 0 radical (unpaired) electrons. The fourth-order valence-corrected chi connectivity index (χ4v) is 4.64. The Bertz CT molecular complexity index is 765. The van der Waals surface area contributed by atoms with E-state index in [0.717, 1.165) is 0 Å². The molecule has 0 bridgehead atoms. The summed E-state index contributed by atoms with van der Waals surface area (Å²) in [5.41, 5.74) is 17.9. The predicted molar refractivity (Wildman–Crippen MR) is 127 cm³/mol. The van der Waals surface area contributed by atoms with Gasteiger partial charge in [-0.05, 0) is 13.5 Å². The summed E-state index contributed by atoms with van der Waals surface area (Å²) in [5, 5.41) is 56.1. The molecule has 0 aromatic rings. The highest BCUT2D eigenvalue weighted by atomic mass is 16.7. The largest absolute Gasteiger partial charge is 0.394 e. The van der Waals surface area contributed by atoms with Crippen LogP contribution in [0.15, 0.2) is 12.2 Å². The summed E-state index contributed by atoms with van der Waals surface area (Å²) in [7, 11) is 1.77. The van der Waals surface area contributed by atoms with E-state index < -0.39 is 79.3 Å². The molecule has 15 heteroatoms. The minimum Gasteiger partial charge on any atom is -0.394 e. The van der Waals surface area contributed by atoms with E-state index in [-0.39, 0.29) is 32.1 Å². The first kappa shape index (κ1) is 30.2. The van der Waals surface area contributed by atoms with Crippen molar-refractivity contribution in [2.75, 3.05) is 26.7 Å². The van der Waals surface area contributed by atoms with Crippen LogP contribution in [0.2, 0.25) is 0 Å². The number of hydrogen-bond acceptors (Lipinski definition) is 14. The fourth-order valence-electron chi connectivity index (χ4n) is 4.64. The van der Waals surface area contributed by atoms with Crippen molar-refractivity contribution >= 4 is 5.91 Å². The molecular formula is C22H41N5O10. The van der Waals surface area contributed by atoms with E-state index in [1.54, 1.807) is 19.2 Å². The zero-order valence-corrected chi connectivity index (χ0v) is 20.7. The second kappa shape index (κ2) is 13.7. The molecule has 2 heterocycles. The Kier molecular flexibility index (Phi) is 11.2. The van der Waals surface area contributed by atoms with Crippen molar-refractivity contribution in [2.45, 2.75) is 92.4 Å². The maximum absolute atomic E-state index is 12.4. The van der Waals surface area contributed by atoms with Crippen molar-refractivity contribution in [3.8, 4) is 0 Å². The number of rotatable bonds is 11. The molecule has 13 N–H and O–H groups in total. The number of amides is 1. The maximum Gasteiger partial charge on any atom is 0.251 e. The zero-order valence-electron chi connectivity index (χ0n) is 20.7. The number of carbonyl (C=O) groups excluding carboxylic acids is 1. The van der Waals surface area contributed by atoms with Gasteiger partial charge in [0.15, 0.2) is 18.7 Å².